The number of carbonyl (C=O) groups is 3. The first-order valence-electron chi connectivity index (χ1n) is 13.5. The van der Waals surface area contributed by atoms with Crippen molar-refractivity contribution in [1.29, 1.82) is 0 Å². The number of amides is 1. The number of nitrogens with zero attached hydrogens (tertiary/aromatic N) is 6. The molecule has 11 nitrogen and oxygen atoms in total. The second-order valence-corrected chi connectivity index (χ2v) is 9.96. The fourth-order valence-electron chi connectivity index (χ4n) is 4.63. The number of hydroxylamine groups is 2. The number of nitrogens with one attached hydrogen (secondary N) is 1. The molecule has 228 valence electrons. The van der Waals surface area contributed by atoms with Gasteiger partial charge in [-0.05, 0) is 61.7 Å². The second kappa shape index (κ2) is 13.1. The molecule has 1 saturated carbocycles. The van der Waals surface area contributed by atoms with Gasteiger partial charge < -0.3 is 10.2 Å². The van der Waals surface area contributed by atoms with Gasteiger partial charge in [0.1, 0.15) is 5.82 Å². The Labute approximate surface area is 247 Å². The quantitative estimate of drug-likeness (QED) is 0.161. The van der Waals surface area contributed by atoms with Crippen LogP contribution in [-0.4, -0.2) is 72.6 Å². The summed E-state index contributed by atoms with van der Waals surface area (Å²) >= 11 is 0. The fraction of sp³-hybridized carbons (Fsp3) is 0.276. The summed E-state index contributed by atoms with van der Waals surface area (Å²) in [6.45, 7) is 0.324. The van der Waals surface area contributed by atoms with E-state index >= 15 is 0 Å². The van der Waals surface area contributed by atoms with Gasteiger partial charge in [-0.2, -0.15) is 22.9 Å². The molecule has 2 heterocycles. The van der Waals surface area contributed by atoms with Crippen LogP contribution in [0.15, 0.2) is 79.4 Å². The summed E-state index contributed by atoms with van der Waals surface area (Å²) in [5, 5.41) is 10.6. The minimum Gasteiger partial charge on any atom is -0.328 e. The van der Waals surface area contributed by atoms with E-state index in [1.807, 2.05) is 0 Å². The van der Waals surface area contributed by atoms with Crippen LogP contribution in [0.25, 0.3) is 11.4 Å². The molecule has 1 N–H and O–H groups in total. The number of hydrogen-bond acceptors (Lipinski definition) is 9. The average molecular weight is 612 g/mol. The van der Waals surface area contributed by atoms with Crippen LogP contribution >= 0.6 is 0 Å². The molecule has 15 heteroatoms. The van der Waals surface area contributed by atoms with Crippen LogP contribution in [0.2, 0.25) is 0 Å². The molecule has 1 fully saturated rings. The van der Waals surface area contributed by atoms with Gasteiger partial charge in [0.15, 0.2) is 11.9 Å². The topological polar surface area (TPSA) is 132 Å². The Bertz CT molecular complexity index is 1580. The molecular weight excluding hydrogens is 586 g/mol. The Balaban J connectivity index is 1.34. The van der Waals surface area contributed by atoms with Gasteiger partial charge in [0.2, 0.25) is 0 Å². The minimum absolute atomic E-state index is 0.0813. The third kappa shape index (κ3) is 7.29. The molecule has 0 spiro atoms. The molecular formula is C29H25F4N7O4. The second-order valence-electron chi connectivity index (χ2n) is 9.96. The molecule has 0 aliphatic heterocycles. The van der Waals surface area contributed by atoms with Crippen LogP contribution in [0.1, 0.15) is 45.9 Å². The fourth-order valence-corrected chi connectivity index (χ4v) is 4.63. The number of hydrogen-bond donors (Lipinski definition) is 1. The summed E-state index contributed by atoms with van der Waals surface area (Å²) in [5.74, 6) is -4.60. The predicted octanol–water partition coefficient (Wildman–Crippen LogP) is 3.97. The highest BCUT2D eigenvalue weighted by atomic mass is 19.4. The van der Waals surface area contributed by atoms with Gasteiger partial charge in [0.25, 0.3) is 11.8 Å². The zero-order valence-electron chi connectivity index (χ0n) is 22.9. The molecule has 1 aliphatic rings. The molecule has 0 bridgehead atoms. The van der Waals surface area contributed by atoms with Gasteiger partial charge in [-0.3, -0.25) is 9.59 Å². The number of aromatic nitrogens is 5. The van der Waals surface area contributed by atoms with E-state index in [9.17, 15) is 31.9 Å². The summed E-state index contributed by atoms with van der Waals surface area (Å²) in [6, 6.07) is 11.7. The standard InChI is InChI=1S/C29H25F4N7O4/c30-21-10-8-18(9-11-21)22-17-23(22)34-12-1-3-24(27(42)39-16-15-37-38-39)40(44-28(43)29(31,32)33)26(41)20-6-4-19(5-7-20)25-35-13-2-14-36-25/h2,4-11,13-16,22-24,34H,1,3,12,17H2/t22-,23+,24-/m0/s1. The third-order valence-electron chi connectivity index (χ3n) is 6.93. The van der Waals surface area contributed by atoms with Crippen molar-refractivity contribution in [1.82, 2.24) is 35.3 Å². The number of rotatable bonds is 10. The molecule has 4 aromatic rings. The van der Waals surface area contributed by atoms with E-state index in [1.54, 1.807) is 18.2 Å². The van der Waals surface area contributed by atoms with Crippen molar-refractivity contribution < 1.29 is 36.8 Å². The first-order chi connectivity index (χ1) is 21.1. The van der Waals surface area contributed by atoms with Crippen LogP contribution in [0.5, 0.6) is 0 Å². The molecule has 2 aromatic heterocycles. The molecule has 0 unspecified atom stereocenters. The summed E-state index contributed by atoms with van der Waals surface area (Å²) in [6.07, 6.45) is 0.733. The van der Waals surface area contributed by atoms with Crippen LogP contribution in [0.3, 0.4) is 0 Å². The summed E-state index contributed by atoms with van der Waals surface area (Å²) < 4.78 is 53.8. The van der Waals surface area contributed by atoms with E-state index in [4.69, 9.17) is 0 Å². The molecule has 0 saturated heterocycles. The summed E-state index contributed by atoms with van der Waals surface area (Å²) in [5.41, 5.74) is 1.32. The smallest absolute Gasteiger partial charge is 0.328 e. The Morgan fingerprint density at radius 1 is 1.02 bits per heavy atom. The zero-order valence-corrected chi connectivity index (χ0v) is 22.9. The Morgan fingerprint density at radius 3 is 2.36 bits per heavy atom. The van der Waals surface area contributed by atoms with E-state index in [0.29, 0.717) is 17.9 Å². The molecule has 44 heavy (non-hydrogen) atoms. The van der Waals surface area contributed by atoms with E-state index in [0.717, 1.165) is 22.9 Å². The molecule has 0 radical (unpaired) electrons. The lowest BCUT2D eigenvalue weighted by Crippen LogP contribution is -2.50. The van der Waals surface area contributed by atoms with Crippen molar-refractivity contribution in [2.24, 2.45) is 0 Å². The average Bonchev–Trinajstić information content (AvgIpc) is 3.58. The van der Waals surface area contributed by atoms with Crippen molar-refractivity contribution in [3.63, 3.8) is 0 Å². The van der Waals surface area contributed by atoms with Crippen molar-refractivity contribution >= 4 is 17.8 Å². The summed E-state index contributed by atoms with van der Waals surface area (Å²) in [4.78, 5) is 51.7. The monoisotopic (exact) mass is 611 g/mol. The third-order valence-corrected chi connectivity index (χ3v) is 6.93. The van der Waals surface area contributed by atoms with Crippen LogP contribution in [0, 0.1) is 5.82 Å². The molecule has 2 aromatic carbocycles. The van der Waals surface area contributed by atoms with Gasteiger partial charge in [0, 0.05) is 35.5 Å². The SMILES string of the molecule is O=C(c1ccc(-c2ncccn2)cc1)N(OC(=O)C(F)(F)F)[C@@H](CCCN[C@@H]1C[C@H]1c1ccc(F)cc1)C(=O)n1ccnn1. The van der Waals surface area contributed by atoms with Crippen molar-refractivity contribution in [2.75, 3.05) is 6.54 Å². The normalized spacial score (nSPS) is 16.6. The van der Waals surface area contributed by atoms with Crippen molar-refractivity contribution in [3.05, 3.63) is 96.3 Å². The summed E-state index contributed by atoms with van der Waals surface area (Å²) in [7, 11) is 0. The first kappa shape index (κ1) is 30.4. The maximum atomic E-state index is 13.6. The van der Waals surface area contributed by atoms with E-state index in [1.165, 1.54) is 55.0 Å². The lowest BCUT2D eigenvalue weighted by atomic mass is 10.1. The van der Waals surface area contributed by atoms with Gasteiger partial charge in [-0.15, -0.1) is 5.10 Å². The van der Waals surface area contributed by atoms with E-state index < -0.39 is 30.0 Å². The Hall–Kier alpha value is -5.05. The number of benzene rings is 2. The van der Waals surface area contributed by atoms with Crippen LogP contribution in [0.4, 0.5) is 17.6 Å². The van der Waals surface area contributed by atoms with Gasteiger partial charge >= 0.3 is 12.1 Å². The van der Waals surface area contributed by atoms with Crippen LogP contribution in [-0.2, 0) is 9.63 Å². The van der Waals surface area contributed by atoms with E-state index in [2.05, 4.69) is 30.4 Å². The van der Waals surface area contributed by atoms with Crippen molar-refractivity contribution in [3.8, 4) is 11.4 Å². The molecule has 3 atom stereocenters. The van der Waals surface area contributed by atoms with Gasteiger partial charge in [-0.1, -0.05) is 29.5 Å². The highest BCUT2D eigenvalue weighted by molar-refractivity contribution is 5.98. The van der Waals surface area contributed by atoms with Gasteiger partial charge in [0.05, 0.1) is 12.4 Å². The predicted molar refractivity (Wildman–Crippen MR) is 145 cm³/mol. The number of alkyl halides is 3. The molecule has 1 aliphatic carbocycles. The lowest BCUT2D eigenvalue weighted by Gasteiger charge is -2.29. The maximum Gasteiger partial charge on any atom is 0.493 e. The Morgan fingerprint density at radius 2 is 1.73 bits per heavy atom. The first-order valence-corrected chi connectivity index (χ1v) is 13.5. The molecule has 1 amide bonds. The van der Waals surface area contributed by atoms with Crippen LogP contribution < -0.4 is 5.32 Å². The lowest BCUT2D eigenvalue weighted by molar-refractivity contribution is -0.232. The largest absolute Gasteiger partial charge is 0.493 e. The minimum atomic E-state index is -5.45. The van der Waals surface area contributed by atoms with E-state index in [-0.39, 0.29) is 41.2 Å². The number of carbonyl (C=O) groups excluding carboxylic acids is 3. The highest BCUT2D eigenvalue weighted by Crippen LogP contribution is 2.40. The maximum absolute atomic E-state index is 13.6. The number of halogens is 4. The van der Waals surface area contributed by atoms with Gasteiger partial charge in [-0.25, -0.2) is 19.2 Å². The Kier molecular flexibility index (Phi) is 9.04. The van der Waals surface area contributed by atoms with Crippen molar-refractivity contribution in [2.45, 2.75) is 43.4 Å². The highest BCUT2D eigenvalue weighted by Gasteiger charge is 2.46. The molecule has 5 rings (SSSR count). The zero-order chi connectivity index (χ0) is 31.3.